The van der Waals surface area contributed by atoms with E-state index in [2.05, 4.69) is 15.1 Å². The van der Waals surface area contributed by atoms with Crippen LogP contribution in [0.25, 0.3) is 11.2 Å². The molecular weight excluding hydrogens is 285 g/mol. The molecule has 3 aromatic heterocycles. The molecule has 19 heavy (non-hydrogen) atoms. The van der Waals surface area contributed by atoms with E-state index in [0.29, 0.717) is 17.4 Å². The fraction of sp³-hybridized carbons (Fsp3) is 0.250. The maximum Gasteiger partial charge on any atom is 0.160 e. The zero-order valence-corrected chi connectivity index (χ0v) is 11.7. The van der Waals surface area contributed by atoms with Crippen molar-refractivity contribution >= 4 is 34.4 Å². The van der Waals surface area contributed by atoms with Gasteiger partial charge >= 0.3 is 0 Å². The summed E-state index contributed by atoms with van der Waals surface area (Å²) in [6.07, 6.45) is 3.38. The van der Waals surface area contributed by atoms with Crippen LogP contribution in [0.5, 0.6) is 0 Å². The number of halogens is 2. The third-order valence-electron chi connectivity index (χ3n) is 2.99. The molecule has 0 N–H and O–H groups in total. The van der Waals surface area contributed by atoms with E-state index in [1.807, 2.05) is 22.4 Å². The summed E-state index contributed by atoms with van der Waals surface area (Å²) in [6.45, 7) is 0.629. The van der Waals surface area contributed by atoms with Gasteiger partial charge in [-0.25, -0.2) is 9.97 Å². The Bertz CT molecular complexity index is 731. The molecule has 5 nitrogen and oxygen atoms in total. The molecule has 0 saturated carbocycles. The predicted molar refractivity (Wildman–Crippen MR) is 74.4 cm³/mol. The normalized spacial score (nSPS) is 11.3. The quantitative estimate of drug-likeness (QED) is 0.698. The second-order valence-electron chi connectivity index (χ2n) is 4.19. The lowest BCUT2D eigenvalue weighted by atomic mass is 10.4. The highest BCUT2D eigenvalue weighted by Crippen LogP contribution is 2.20. The third-order valence-corrected chi connectivity index (χ3v) is 3.44. The fourth-order valence-corrected chi connectivity index (χ4v) is 2.38. The average molecular weight is 296 g/mol. The van der Waals surface area contributed by atoms with Crippen molar-refractivity contribution in [2.45, 2.75) is 12.4 Å². The van der Waals surface area contributed by atoms with Crippen molar-refractivity contribution in [3.05, 3.63) is 41.1 Å². The van der Waals surface area contributed by atoms with Crippen LogP contribution >= 0.6 is 23.2 Å². The molecule has 0 aliphatic carbocycles. The summed E-state index contributed by atoms with van der Waals surface area (Å²) >= 11 is 11.9. The minimum absolute atomic E-state index is 0.325. The Kier molecular flexibility index (Phi) is 3.16. The van der Waals surface area contributed by atoms with Crippen LogP contribution in [0.3, 0.4) is 0 Å². The lowest BCUT2D eigenvalue weighted by molar-refractivity contribution is 0.661. The molecule has 0 aliphatic rings. The molecule has 7 heteroatoms. The number of fused-ring (bicyclic) bond motifs is 1. The Labute approximate surface area is 119 Å². The molecule has 0 bridgehead atoms. The van der Waals surface area contributed by atoms with E-state index < -0.39 is 0 Å². The number of rotatable bonds is 3. The SMILES string of the molecule is Cn1nccc1Cn1c(CCl)nc2cc(Cl)cnc21. The fourth-order valence-electron chi connectivity index (χ4n) is 2.02. The highest BCUT2D eigenvalue weighted by molar-refractivity contribution is 6.31. The molecule has 0 aromatic carbocycles. The van der Waals surface area contributed by atoms with Crippen molar-refractivity contribution in [1.29, 1.82) is 0 Å². The largest absolute Gasteiger partial charge is 0.306 e. The number of hydrogen-bond acceptors (Lipinski definition) is 3. The van der Waals surface area contributed by atoms with Crippen molar-refractivity contribution < 1.29 is 0 Å². The topological polar surface area (TPSA) is 48.5 Å². The van der Waals surface area contributed by atoms with Gasteiger partial charge in [0.25, 0.3) is 0 Å². The van der Waals surface area contributed by atoms with E-state index in [1.54, 1.807) is 18.5 Å². The van der Waals surface area contributed by atoms with Gasteiger partial charge in [0, 0.05) is 19.4 Å². The molecule has 0 fully saturated rings. The van der Waals surface area contributed by atoms with Crippen molar-refractivity contribution in [3.63, 3.8) is 0 Å². The van der Waals surface area contributed by atoms with Crippen molar-refractivity contribution in [2.24, 2.45) is 7.05 Å². The van der Waals surface area contributed by atoms with E-state index >= 15 is 0 Å². The smallest absolute Gasteiger partial charge is 0.160 e. The molecule has 3 aromatic rings. The molecule has 0 spiro atoms. The van der Waals surface area contributed by atoms with Crippen molar-refractivity contribution in [2.75, 3.05) is 0 Å². The molecule has 0 atom stereocenters. The van der Waals surface area contributed by atoms with Gasteiger partial charge in [0.1, 0.15) is 11.3 Å². The standard InChI is InChI=1S/C12H11Cl2N5/c1-18-9(2-3-16-18)7-19-11(5-13)17-10-4-8(14)6-15-12(10)19/h2-4,6H,5,7H2,1H3. The second kappa shape index (κ2) is 4.83. The molecule has 0 radical (unpaired) electrons. The summed E-state index contributed by atoms with van der Waals surface area (Å²) in [7, 11) is 1.90. The lowest BCUT2D eigenvalue weighted by Crippen LogP contribution is -2.08. The summed E-state index contributed by atoms with van der Waals surface area (Å²) in [5.74, 6) is 1.10. The van der Waals surface area contributed by atoms with Gasteiger partial charge in [-0.15, -0.1) is 11.6 Å². The zero-order valence-electron chi connectivity index (χ0n) is 10.2. The predicted octanol–water partition coefficient (Wildman–Crippen LogP) is 2.61. The van der Waals surface area contributed by atoms with Gasteiger partial charge in [0.15, 0.2) is 5.65 Å². The Hall–Kier alpha value is -1.59. The van der Waals surface area contributed by atoms with E-state index in [1.165, 1.54) is 0 Å². The molecule has 0 saturated heterocycles. The zero-order chi connectivity index (χ0) is 13.4. The summed E-state index contributed by atoms with van der Waals surface area (Å²) in [5.41, 5.74) is 2.59. The first kappa shape index (κ1) is 12.4. The number of alkyl halides is 1. The number of hydrogen-bond donors (Lipinski definition) is 0. The Morgan fingerprint density at radius 3 is 2.89 bits per heavy atom. The minimum Gasteiger partial charge on any atom is -0.306 e. The first-order valence-corrected chi connectivity index (χ1v) is 6.64. The molecule has 98 valence electrons. The number of nitrogens with zero attached hydrogens (tertiary/aromatic N) is 5. The summed E-state index contributed by atoms with van der Waals surface area (Å²) in [5, 5.41) is 4.72. The highest BCUT2D eigenvalue weighted by atomic mass is 35.5. The van der Waals surface area contributed by atoms with Gasteiger partial charge in [-0.3, -0.25) is 4.68 Å². The van der Waals surface area contributed by atoms with Gasteiger partial charge in [-0.1, -0.05) is 11.6 Å². The third kappa shape index (κ3) is 2.19. The van der Waals surface area contributed by atoms with Crippen LogP contribution in [0.1, 0.15) is 11.5 Å². The van der Waals surface area contributed by atoms with Gasteiger partial charge < -0.3 is 4.57 Å². The molecular formula is C12H11Cl2N5. The first-order valence-electron chi connectivity index (χ1n) is 5.72. The van der Waals surface area contributed by atoms with Crippen LogP contribution in [0, 0.1) is 0 Å². The monoisotopic (exact) mass is 295 g/mol. The summed E-state index contributed by atoms with van der Waals surface area (Å²) in [4.78, 5) is 8.80. The number of aromatic nitrogens is 5. The van der Waals surface area contributed by atoms with Crippen LogP contribution in [0.2, 0.25) is 5.02 Å². The summed E-state index contributed by atoms with van der Waals surface area (Å²) < 4.78 is 3.80. The first-order chi connectivity index (χ1) is 9.19. The minimum atomic E-state index is 0.325. The second-order valence-corrected chi connectivity index (χ2v) is 4.89. The lowest BCUT2D eigenvalue weighted by Gasteiger charge is -2.07. The van der Waals surface area contributed by atoms with Crippen molar-refractivity contribution in [3.8, 4) is 0 Å². The Morgan fingerprint density at radius 2 is 2.21 bits per heavy atom. The van der Waals surface area contributed by atoms with Crippen LogP contribution in [-0.4, -0.2) is 24.3 Å². The number of pyridine rings is 1. The van der Waals surface area contributed by atoms with Gasteiger partial charge in [0.05, 0.1) is 23.1 Å². The van der Waals surface area contributed by atoms with Crippen LogP contribution in [0.15, 0.2) is 24.5 Å². The molecule has 0 aliphatic heterocycles. The Morgan fingerprint density at radius 1 is 1.37 bits per heavy atom. The van der Waals surface area contributed by atoms with E-state index in [4.69, 9.17) is 23.2 Å². The molecule has 0 unspecified atom stereocenters. The number of aryl methyl sites for hydroxylation is 1. The average Bonchev–Trinajstić information content (AvgIpc) is 2.94. The molecule has 3 rings (SSSR count). The number of imidazole rings is 1. The maximum absolute atomic E-state index is 5.96. The van der Waals surface area contributed by atoms with E-state index in [-0.39, 0.29) is 0 Å². The Balaban J connectivity index is 2.13. The molecule has 0 amide bonds. The van der Waals surface area contributed by atoms with Crippen molar-refractivity contribution in [1.82, 2.24) is 24.3 Å². The van der Waals surface area contributed by atoms with E-state index in [0.717, 1.165) is 22.7 Å². The summed E-state index contributed by atoms with van der Waals surface area (Å²) in [6, 6.07) is 3.75. The highest BCUT2D eigenvalue weighted by Gasteiger charge is 2.13. The van der Waals surface area contributed by atoms with Gasteiger partial charge in [-0.2, -0.15) is 5.10 Å². The van der Waals surface area contributed by atoms with Gasteiger partial charge in [0.2, 0.25) is 0 Å². The molecule has 3 heterocycles. The van der Waals surface area contributed by atoms with Crippen LogP contribution in [0.4, 0.5) is 0 Å². The van der Waals surface area contributed by atoms with E-state index in [9.17, 15) is 0 Å². The maximum atomic E-state index is 5.96. The van der Waals surface area contributed by atoms with Crippen LogP contribution < -0.4 is 0 Å². The van der Waals surface area contributed by atoms with Gasteiger partial charge in [-0.05, 0) is 12.1 Å². The van der Waals surface area contributed by atoms with Crippen LogP contribution in [-0.2, 0) is 19.5 Å².